The molecule has 1 saturated carbocycles. The molecule has 2 fully saturated rings. The van der Waals surface area contributed by atoms with Crippen molar-refractivity contribution in [3.8, 4) is 0 Å². The van der Waals surface area contributed by atoms with Gasteiger partial charge in [-0.2, -0.15) is 0 Å². The quantitative estimate of drug-likeness (QED) is 0.679. The Labute approximate surface area is 79.5 Å². The van der Waals surface area contributed by atoms with Crippen molar-refractivity contribution in [2.24, 2.45) is 0 Å². The minimum absolute atomic E-state index is 0.149. The predicted molar refractivity (Wildman–Crippen MR) is 50.6 cm³/mol. The summed E-state index contributed by atoms with van der Waals surface area (Å²) in [4.78, 5) is 0. The molecule has 2 rings (SSSR count). The van der Waals surface area contributed by atoms with E-state index < -0.39 is 0 Å². The highest BCUT2D eigenvalue weighted by Gasteiger charge is 2.37. The number of ether oxygens (including phenoxy) is 1. The van der Waals surface area contributed by atoms with Gasteiger partial charge in [-0.3, -0.25) is 0 Å². The lowest BCUT2D eigenvalue weighted by atomic mass is 9.81. The average Bonchev–Trinajstić information content (AvgIpc) is 2.49. The molecule has 2 atom stereocenters. The minimum Gasteiger partial charge on any atom is -0.395 e. The van der Waals surface area contributed by atoms with Crippen molar-refractivity contribution < 1.29 is 9.84 Å². The third-order valence-corrected chi connectivity index (χ3v) is 3.26. The summed E-state index contributed by atoms with van der Waals surface area (Å²) in [5.74, 6) is 0. The largest absolute Gasteiger partial charge is 0.395 e. The van der Waals surface area contributed by atoms with Gasteiger partial charge in [0.15, 0.2) is 0 Å². The van der Waals surface area contributed by atoms with Crippen molar-refractivity contribution in [1.82, 2.24) is 5.32 Å². The molecule has 13 heavy (non-hydrogen) atoms. The zero-order chi connectivity index (χ0) is 9.31. The van der Waals surface area contributed by atoms with Gasteiger partial charge in [-0.1, -0.05) is 0 Å². The molecular weight excluding hydrogens is 166 g/mol. The Morgan fingerprint density at radius 2 is 2.31 bits per heavy atom. The van der Waals surface area contributed by atoms with E-state index in [2.05, 4.69) is 12.2 Å². The maximum absolute atomic E-state index is 8.94. The van der Waals surface area contributed by atoms with E-state index in [-0.39, 0.29) is 18.2 Å². The maximum Gasteiger partial charge on any atom is 0.0722 e. The smallest absolute Gasteiger partial charge is 0.0722 e. The van der Waals surface area contributed by atoms with E-state index in [9.17, 15) is 0 Å². The Morgan fingerprint density at radius 1 is 1.54 bits per heavy atom. The van der Waals surface area contributed by atoms with Gasteiger partial charge in [0.2, 0.25) is 0 Å². The molecule has 1 saturated heterocycles. The highest BCUT2D eigenvalue weighted by molar-refractivity contribution is 4.89. The second-order valence-corrected chi connectivity index (χ2v) is 4.57. The molecule has 76 valence electrons. The predicted octanol–water partition coefficient (Wildman–Crippen LogP) is 0.668. The fraction of sp³-hybridized carbons (Fsp3) is 1.00. The molecule has 0 aromatic carbocycles. The van der Waals surface area contributed by atoms with Crippen LogP contribution in [-0.4, -0.2) is 36.0 Å². The van der Waals surface area contributed by atoms with Crippen molar-refractivity contribution in [3.05, 3.63) is 0 Å². The Bertz CT molecular complexity index is 180. The molecule has 2 N–H and O–H groups in total. The molecular formula is C10H19NO2. The monoisotopic (exact) mass is 185 g/mol. The molecule has 1 heterocycles. The Hall–Kier alpha value is -0.120. The molecule has 0 radical (unpaired) electrons. The Balaban J connectivity index is 1.77. The molecule has 0 spiro atoms. The standard InChI is InChI=1S/C10H19NO2/c1-10(3-2-4-10)13-9-5-8(7-12)11-6-9/h8-9,11-12H,2-7H2,1H3. The van der Waals surface area contributed by atoms with E-state index in [0.29, 0.717) is 6.10 Å². The zero-order valence-electron chi connectivity index (χ0n) is 8.25. The van der Waals surface area contributed by atoms with Crippen LogP contribution >= 0.6 is 0 Å². The van der Waals surface area contributed by atoms with Gasteiger partial charge in [-0.05, 0) is 32.6 Å². The summed E-state index contributed by atoms with van der Waals surface area (Å²) < 4.78 is 5.99. The maximum atomic E-state index is 8.94. The molecule has 0 aromatic heterocycles. The molecule has 3 heteroatoms. The van der Waals surface area contributed by atoms with Gasteiger partial charge in [-0.15, -0.1) is 0 Å². The second-order valence-electron chi connectivity index (χ2n) is 4.57. The zero-order valence-corrected chi connectivity index (χ0v) is 8.25. The summed E-state index contributed by atoms with van der Waals surface area (Å²) in [6.45, 7) is 3.33. The summed E-state index contributed by atoms with van der Waals surface area (Å²) in [7, 11) is 0. The van der Waals surface area contributed by atoms with E-state index in [0.717, 1.165) is 13.0 Å². The SMILES string of the molecule is CC1(OC2CNC(CO)C2)CCC1. The fourth-order valence-corrected chi connectivity index (χ4v) is 2.21. The van der Waals surface area contributed by atoms with Crippen LogP contribution in [0.1, 0.15) is 32.6 Å². The number of rotatable bonds is 3. The van der Waals surface area contributed by atoms with Gasteiger partial charge < -0.3 is 15.2 Å². The summed E-state index contributed by atoms with van der Waals surface area (Å²) >= 11 is 0. The van der Waals surface area contributed by atoms with Gasteiger partial charge in [0.25, 0.3) is 0 Å². The van der Waals surface area contributed by atoms with Crippen molar-refractivity contribution >= 4 is 0 Å². The van der Waals surface area contributed by atoms with Gasteiger partial charge in [0.05, 0.1) is 18.3 Å². The van der Waals surface area contributed by atoms with E-state index >= 15 is 0 Å². The fourth-order valence-electron chi connectivity index (χ4n) is 2.21. The Kier molecular flexibility index (Phi) is 2.58. The molecule has 0 bridgehead atoms. The van der Waals surface area contributed by atoms with E-state index in [1.807, 2.05) is 0 Å². The Morgan fingerprint density at radius 3 is 2.77 bits per heavy atom. The number of nitrogens with one attached hydrogen (secondary N) is 1. The van der Waals surface area contributed by atoms with E-state index in [4.69, 9.17) is 9.84 Å². The summed E-state index contributed by atoms with van der Waals surface area (Å²) in [6, 6.07) is 0.258. The van der Waals surface area contributed by atoms with E-state index in [1.54, 1.807) is 0 Å². The van der Waals surface area contributed by atoms with Gasteiger partial charge in [-0.25, -0.2) is 0 Å². The highest BCUT2D eigenvalue weighted by Crippen LogP contribution is 2.36. The third-order valence-electron chi connectivity index (χ3n) is 3.26. The van der Waals surface area contributed by atoms with Crippen LogP contribution < -0.4 is 5.32 Å². The molecule has 0 aromatic rings. The van der Waals surface area contributed by atoms with Crippen LogP contribution in [0.5, 0.6) is 0 Å². The van der Waals surface area contributed by atoms with Crippen LogP contribution in [0.15, 0.2) is 0 Å². The van der Waals surface area contributed by atoms with Crippen molar-refractivity contribution in [2.75, 3.05) is 13.2 Å². The van der Waals surface area contributed by atoms with Crippen LogP contribution in [0.3, 0.4) is 0 Å². The number of hydrogen-bond donors (Lipinski definition) is 2. The lowest BCUT2D eigenvalue weighted by molar-refractivity contribution is -0.121. The topological polar surface area (TPSA) is 41.5 Å². The number of aliphatic hydroxyl groups is 1. The average molecular weight is 185 g/mol. The second kappa shape index (κ2) is 3.56. The molecule has 2 unspecified atom stereocenters. The number of aliphatic hydroxyl groups excluding tert-OH is 1. The lowest BCUT2D eigenvalue weighted by Gasteiger charge is -2.40. The first-order valence-electron chi connectivity index (χ1n) is 5.24. The van der Waals surface area contributed by atoms with Crippen molar-refractivity contribution in [1.29, 1.82) is 0 Å². The van der Waals surface area contributed by atoms with Gasteiger partial charge in [0.1, 0.15) is 0 Å². The van der Waals surface area contributed by atoms with Crippen LogP contribution in [0, 0.1) is 0 Å². The van der Waals surface area contributed by atoms with Crippen molar-refractivity contribution in [2.45, 2.75) is 50.4 Å². The first-order valence-corrected chi connectivity index (χ1v) is 5.24. The van der Waals surface area contributed by atoms with Crippen LogP contribution in [-0.2, 0) is 4.74 Å². The van der Waals surface area contributed by atoms with Gasteiger partial charge >= 0.3 is 0 Å². The normalized spacial score (nSPS) is 37.4. The van der Waals surface area contributed by atoms with Crippen LogP contribution in [0.4, 0.5) is 0 Å². The summed E-state index contributed by atoms with van der Waals surface area (Å²) in [6.07, 6.45) is 5.00. The molecule has 1 aliphatic heterocycles. The van der Waals surface area contributed by atoms with Gasteiger partial charge in [0, 0.05) is 12.6 Å². The van der Waals surface area contributed by atoms with Crippen LogP contribution in [0.2, 0.25) is 0 Å². The van der Waals surface area contributed by atoms with Crippen molar-refractivity contribution in [3.63, 3.8) is 0 Å². The molecule has 2 aliphatic rings. The molecule has 1 aliphatic carbocycles. The highest BCUT2D eigenvalue weighted by atomic mass is 16.5. The molecule has 3 nitrogen and oxygen atoms in total. The third kappa shape index (κ3) is 2.03. The first kappa shape index (κ1) is 9.44. The number of hydrogen-bond acceptors (Lipinski definition) is 3. The molecule has 0 amide bonds. The summed E-state index contributed by atoms with van der Waals surface area (Å²) in [5, 5.41) is 12.2. The van der Waals surface area contributed by atoms with Crippen LogP contribution in [0.25, 0.3) is 0 Å². The lowest BCUT2D eigenvalue weighted by Crippen LogP contribution is -2.40. The first-order chi connectivity index (χ1) is 6.22. The van der Waals surface area contributed by atoms with E-state index in [1.165, 1.54) is 19.3 Å². The summed E-state index contributed by atoms with van der Waals surface area (Å²) in [5.41, 5.74) is 0.149. The minimum atomic E-state index is 0.149.